The van der Waals surface area contributed by atoms with E-state index in [1.165, 1.54) is 39.7 Å². The number of hydrogen-bond acceptors (Lipinski definition) is 9. The summed E-state index contributed by atoms with van der Waals surface area (Å²) in [5.41, 5.74) is 11.9. The van der Waals surface area contributed by atoms with Crippen molar-refractivity contribution >= 4 is 33.8 Å². The Morgan fingerprint density at radius 1 is 0.410 bits per heavy atom. The lowest BCUT2D eigenvalue weighted by molar-refractivity contribution is 0.315. The van der Waals surface area contributed by atoms with Crippen LogP contribution < -0.4 is 0 Å². The van der Waals surface area contributed by atoms with Crippen molar-refractivity contribution in [1.29, 1.82) is 0 Å². The van der Waals surface area contributed by atoms with Gasteiger partial charge in [0.2, 0.25) is 0 Å². The molecule has 328 valence electrons. The Morgan fingerprint density at radius 2 is 0.918 bits per heavy atom. The van der Waals surface area contributed by atoms with E-state index >= 15 is 0 Å². The van der Waals surface area contributed by atoms with Gasteiger partial charge in [-0.3, -0.25) is 15.0 Å². The molecule has 8 nitrogen and oxygen atoms in total. The first-order valence-corrected chi connectivity index (χ1v) is 22.2. The minimum atomic E-state index is 0.296. The second kappa shape index (κ2) is 22.8. The summed E-state index contributed by atoms with van der Waals surface area (Å²) in [6.07, 6.45) is 14.7. The molecule has 9 heteroatoms. The van der Waals surface area contributed by atoms with Crippen LogP contribution in [0.2, 0.25) is 0 Å². The fraction of sp³-hybridized carbons (Fsp3) is 0.481. The van der Waals surface area contributed by atoms with E-state index in [-0.39, 0.29) is 0 Å². The van der Waals surface area contributed by atoms with Gasteiger partial charge in [0.15, 0.2) is 0 Å². The molecule has 0 unspecified atom stereocenters. The number of benzene rings is 2. The Hall–Kier alpha value is -4.89. The Bertz CT molecular complexity index is 2040. The molecule has 7 aromatic rings. The van der Waals surface area contributed by atoms with E-state index in [0.29, 0.717) is 27.1 Å². The van der Waals surface area contributed by atoms with E-state index in [4.69, 9.17) is 0 Å². The second-order valence-electron chi connectivity index (χ2n) is 21.9. The summed E-state index contributed by atoms with van der Waals surface area (Å²) in [6.45, 7) is 33.5. The Labute approximate surface area is 371 Å². The molecule has 0 bridgehead atoms. The minimum absolute atomic E-state index is 0.296. The molecular weight excluding hydrogens is 771 g/mol. The molecule has 0 saturated heterocycles. The molecule has 0 N–H and O–H groups in total. The summed E-state index contributed by atoms with van der Waals surface area (Å²) in [4.78, 5) is 12.3. The largest absolute Gasteiger partial charge is 0.265 e. The molecule has 2 aromatic carbocycles. The molecule has 5 aromatic heterocycles. The molecule has 0 aliphatic rings. The molecule has 0 aliphatic carbocycles. The van der Waals surface area contributed by atoms with Crippen LogP contribution in [0.5, 0.6) is 0 Å². The topological polar surface area (TPSA) is 103 Å². The second-order valence-corrected chi connectivity index (χ2v) is 22.4. The van der Waals surface area contributed by atoms with Crippen LogP contribution in [0, 0.1) is 27.1 Å². The Balaban J connectivity index is 0.000000204. The zero-order valence-electron chi connectivity index (χ0n) is 39.9. The van der Waals surface area contributed by atoms with Gasteiger partial charge in [0.05, 0.1) is 11.7 Å². The number of nitrogens with zero attached hydrogens (tertiary/aromatic N) is 7. The van der Waals surface area contributed by atoms with Crippen LogP contribution >= 0.6 is 11.7 Å². The summed E-state index contributed by atoms with van der Waals surface area (Å²) in [5, 5.41) is 7.59. The fourth-order valence-corrected chi connectivity index (χ4v) is 6.89. The molecule has 0 atom stereocenters. The predicted molar refractivity (Wildman–Crippen MR) is 258 cm³/mol. The predicted octanol–water partition coefficient (Wildman–Crippen LogP) is 14.1. The van der Waals surface area contributed by atoms with Gasteiger partial charge in [-0.1, -0.05) is 128 Å². The molecule has 0 radical (unpaired) electrons. The number of rotatable bonds is 5. The SMILES string of the molecule is CC(C)(C)Cc1ccc2nonc2c1.CC(C)(C)Cc1ccc2nsnc2c1.CC(C)(C)Cc1ccccn1.CC(C)(C)Cc1cccnc1.CC(C)(C)Cc1ccncc1. The van der Waals surface area contributed by atoms with Crippen molar-refractivity contribution < 1.29 is 4.63 Å². The highest BCUT2D eigenvalue weighted by atomic mass is 32.1. The zero-order valence-corrected chi connectivity index (χ0v) is 40.7. The summed E-state index contributed by atoms with van der Waals surface area (Å²) in [7, 11) is 0. The molecule has 7 rings (SSSR count). The maximum atomic E-state index is 4.65. The van der Waals surface area contributed by atoms with E-state index in [2.05, 4.69) is 191 Å². The average molecular weight is 844 g/mol. The summed E-state index contributed by atoms with van der Waals surface area (Å²) in [5.74, 6) is 0. The first kappa shape index (κ1) is 50.5. The lowest BCUT2D eigenvalue weighted by Crippen LogP contribution is -2.09. The molecule has 0 spiro atoms. The summed E-state index contributed by atoms with van der Waals surface area (Å²) < 4.78 is 13.1. The third kappa shape index (κ3) is 23.1. The molecule has 0 fully saturated rings. The van der Waals surface area contributed by atoms with Crippen molar-refractivity contribution in [3.05, 3.63) is 138 Å². The summed E-state index contributed by atoms with van der Waals surface area (Å²) >= 11 is 1.28. The highest BCUT2D eigenvalue weighted by Gasteiger charge is 2.14. The van der Waals surface area contributed by atoms with Gasteiger partial charge in [-0.15, -0.1) is 0 Å². The van der Waals surface area contributed by atoms with Crippen molar-refractivity contribution in [2.24, 2.45) is 27.1 Å². The molecule has 0 amide bonds. The molecular formula is C52H73N7OS. The van der Waals surface area contributed by atoms with Crippen molar-refractivity contribution in [2.75, 3.05) is 0 Å². The maximum absolute atomic E-state index is 4.65. The van der Waals surface area contributed by atoms with E-state index in [9.17, 15) is 0 Å². The van der Waals surface area contributed by atoms with Crippen LogP contribution in [0.4, 0.5) is 0 Å². The zero-order chi connectivity index (χ0) is 45.3. The van der Waals surface area contributed by atoms with Crippen molar-refractivity contribution in [3.8, 4) is 0 Å². The molecule has 0 aliphatic heterocycles. The first-order chi connectivity index (χ1) is 28.3. The van der Waals surface area contributed by atoms with Crippen molar-refractivity contribution in [3.63, 3.8) is 0 Å². The van der Waals surface area contributed by atoms with Crippen LogP contribution in [0.25, 0.3) is 22.1 Å². The van der Waals surface area contributed by atoms with Gasteiger partial charge in [-0.25, -0.2) is 4.63 Å². The lowest BCUT2D eigenvalue weighted by Gasteiger charge is -2.17. The molecule has 5 heterocycles. The van der Waals surface area contributed by atoms with E-state index < -0.39 is 0 Å². The lowest BCUT2D eigenvalue weighted by atomic mass is 9.88. The highest BCUT2D eigenvalue weighted by Crippen LogP contribution is 2.25. The number of fused-ring (bicyclic) bond motifs is 2. The average Bonchev–Trinajstić information content (AvgIpc) is 3.80. The number of aromatic nitrogens is 7. The fourth-order valence-electron chi connectivity index (χ4n) is 6.37. The van der Waals surface area contributed by atoms with Gasteiger partial charge < -0.3 is 0 Å². The van der Waals surface area contributed by atoms with Crippen molar-refractivity contribution in [1.82, 2.24) is 34.0 Å². The van der Waals surface area contributed by atoms with Crippen LogP contribution in [-0.2, 0) is 32.1 Å². The molecule has 0 saturated carbocycles. The van der Waals surface area contributed by atoms with Crippen LogP contribution in [-0.4, -0.2) is 34.0 Å². The van der Waals surface area contributed by atoms with Gasteiger partial charge >= 0.3 is 0 Å². The summed E-state index contributed by atoms with van der Waals surface area (Å²) in [6, 6.07) is 26.7. The Morgan fingerprint density at radius 3 is 1.44 bits per heavy atom. The van der Waals surface area contributed by atoms with Gasteiger partial charge in [0.1, 0.15) is 22.1 Å². The molecule has 61 heavy (non-hydrogen) atoms. The highest BCUT2D eigenvalue weighted by molar-refractivity contribution is 7.00. The van der Waals surface area contributed by atoms with Gasteiger partial charge in [0, 0.05) is 36.7 Å². The number of hydrogen-bond donors (Lipinski definition) is 0. The van der Waals surface area contributed by atoms with Gasteiger partial charge in [-0.05, 0) is 146 Å². The minimum Gasteiger partial charge on any atom is -0.265 e. The standard InChI is InChI=1S/C11H14N2O.C11H14N2S.3C10H15N/c2*1-11(2,3)7-8-4-5-9-10(6-8)13-14-12-9;1-10(2,3)8-9-4-6-11-7-5-9;1-10(2,3)7-9-5-4-6-11-8-9;1-10(2,3)8-9-6-4-5-7-11-9/h2*4-6H,7H2,1-3H3;4-7H,8H2,1-3H3;4-6,8H,7H2,1-3H3;4-7H,8H2,1-3H3. The Kier molecular flexibility index (Phi) is 18.9. The van der Waals surface area contributed by atoms with Crippen LogP contribution in [0.15, 0.2) is 114 Å². The monoisotopic (exact) mass is 844 g/mol. The van der Waals surface area contributed by atoms with Crippen LogP contribution in [0.1, 0.15) is 132 Å². The van der Waals surface area contributed by atoms with E-state index in [0.717, 1.165) is 54.2 Å². The van der Waals surface area contributed by atoms with Gasteiger partial charge in [-0.2, -0.15) is 8.75 Å². The third-order valence-corrected chi connectivity index (χ3v) is 9.04. The number of pyridine rings is 3. The quantitative estimate of drug-likeness (QED) is 0.169. The first-order valence-electron chi connectivity index (χ1n) is 21.4. The maximum Gasteiger partial charge on any atom is 0.135 e. The smallest absolute Gasteiger partial charge is 0.135 e. The van der Waals surface area contributed by atoms with E-state index in [1.54, 1.807) is 0 Å². The van der Waals surface area contributed by atoms with Crippen LogP contribution in [0.3, 0.4) is 0 Å². The van der Waals surface area contributed by atoms with Gasteiger partial charge in [0.25, 0.3) is 0 Å². The van der Waals surface area contributed by atoms with Crippen molar-refractivity contribution in [2.45, 2.75) is 136 Å². The van der Waals surface area contributed by atoms with E-state index in [1.807, 2.05) is 61.3 Å². The third-order valence-electron chi connectivity index (χ3n) is 8.48. The normalized spacial score (nSPS) is 11.9.